The predicted octanol–water partition coefficient (Wildman–Crippen LogP) is 3.15. The normalized spacial score (nSPS) is 12.4. The monoisotopic (exact) mass is 446 g/mol. The lowest BCUT2D eigenvalue weighted by Crippen LogP contribution is -2.41. The van der Waals surface area contributed by atoms with Crippen LogP contribution in [0, 0.1) is 0 Å². The van der Waals surface area contributed by atoms with Gasteiger partial charge in [-0.2, -0.15) is 0 Å². The van der Waals surface area contributed by atoms with E-state index in [0.29, 0.717) is 36.2 Å². The number of carbonyl (C=O) groups excluding carboxylic acids is 1. The Balaban J connectivity index is 1.82. The van der Waals surface area contributed by atoms with E-state index in [4.69, 9.17) is 16.3 Å². The van der Waals surface area contributed by atoms with E-state index >= 15 is 0 Å². The van der Waals surface area contributed by atoms with E-state index in [1.54, 1.807) is 24.3 Å². The summed E-state index contributed by atoms with van der Waals surface area (Å²) in [6.07, 6.45) is -0.632. The molecule has 0 aliphatic rings. The fourth-order valence-corrected chi connectivity index (χ4v) is 2.98. The lowest BCUT2D eigenvalue weighted by molar-refractivity contribution is 0.0954. The number of ether oxygens (including phenoxy) is 1. The first-order chi connectivity index (χ1) is 14.9. The Labute approximate surface area is 188 Å². The van der Waals surface area contributed by atoms with Gasteiger partial charge < -0.3 is 25.8 Å². The zero-order valence-corrected chi connectivity index (χ0v) is 18.9. The quantitative estimate of drug-likeness (QED) is 0.255. The molecule has 0 radical (unpaired) electrons. The molecule has 0 fully saturated rings. The third-order valence-corrected chi connectivity index (χ3v) is 4.55. The minimum Gasteiger partial charge on any atom is -0.491 e. The van der Waals surface area contributed by atoms with Crippen molar-refractivity contribution in [2.45, 2.75) is 33.0 Å². The molecule has 8 heteroatoms. The van der Waals surface area contributed by atoms with Gasteiger partial charge in [0.05, 0.1) is 29.3 Å². The number of halogens is 1. The molecule has 0 spiro atoms. The summed E-state index contributed by atoms with van der Waals surface area (Å²) in [4.78, 5) is 16.6. The number of hydrogen-bond donors (Lipinski definition) is 4. The van der Waals surface area contributed by atoms with E-state index in [0.717, 1.165) is 11.3 Å². The topological polar surface area (TPSA) is 95.0 Å². The van der Waals surface area contributed by atoms with Crippen molar-refractivity contribution in [2.24, 2.45) is 4.99 Å². The number of amides is 1. The van der Waals surface area contributed by atoms with Crippen LogP contribution in [0.5, 0.6) is 5.75 Å². The van der Waals surface area contributed by atoms with E-state index < -0.39 is 6.10 Å². The lowest BCUT2D eigenvalue weighted by Gasteiger charge is -2.14. The molecule has 0 aliphatic carbocycles. The Morgan fingerprint density at radius 3 is 2.39 bits per heavy atom. The summed E-state index contributed by atoms with van der Waals surface area (Å²) in [6.45, 7) is 7.64. The number of benzene rings is 2. The summed E-state index contributed by atoms with van der Waals surface area (Å²) in [7, 11) is 0. The van der Waals surface area contributed by atoms with Crippen LogP contribution in [0.2, 0.25) is 5.02 Å². The molecule has 4 N–H and O–H groups in total. The fourth-order valence-electron chi connectivity index (χ4n) is 2.76. The first kappa shape index (κ1) is 24.5. The lowest BCUT2D eigenvalue weighted by atomic mass is 10.1. The summed E-state index contributed by atoms with van der Waals surface area (Å²) in [6, 6.07) is 14.3. The molecule has 0 heterocycles. The molecular formula is C23H31ClN4O3. The zero-order chi connectivity index (χ0) is 22.6. The summed E-state index contributed by atoms with van der Waals surface area (Å²) in [5.41, 5.74) is 1.21. The van der Waals surface area contributed by atoms with Gasteiger partial charge in [-0.05, 0) is 50.6 Å². The third kappa shape index (κ3) is 8.47. The Bertz CT molecular complexity index is 856. The van der Waals surface area contributed by atoms with Crippen molar-refractivity contribution in [3.05, 3.63) is 64.7 Å². The van der Waals surface area contributed by atoms with Crippen LogP contribution in [-0.2, 0) is 0 Å². The molecule has 1 amide bonds. The Hall–Kier alpha value is -2.77. The van der Waals surface area contributed by atoms with Crippen molar-refractivity contribution in [3.8, 4) is 5.75 Å². The van der Waals surface area contributed by atoms with Crippen LogP contribution in [0.4, 0.5) is 0 Å². The number of aliphatic hydroxyl groups excluding tert-OH is 1. The van der Waals surface area contributed by atoms with Crippen molar-refractivity contribution in [2.75, 3.05) is 26.2 Å². The van der Waals surface area contributed by atoms with Gasteiger partial charge in [0.1, 0.15) is 5.75 Å². The predicted molar refractivity (Wildman–Crippen MR) is 125 cm³/mol. The number of hydrogen-bond acceptors (Lipinski definition) is 4. The van der Waals surface area contributed by atoms with E-state index in [1.165, 1.54) is 0 Å². The summed E-state index contributed by atoms with van der Waals surface area (Å²) < 4.78 is 5.62. The van der Waals surface area contributed by atoms with Crippen LogP contribution in [-0.4, -0.2) is 49.3 Å². The van der Waals surface area contributed by atoms with Crippen LogP contribution in [0.3, 0.4) is 0 Å². The van der Waals surface area contributed by atoms with Gasteiger partial charge in [0.25, 0.3) is 5.91 Å². The Morgan fingerprint density at radius 2 is 1.74 bits per heavy atom. The van der Waals surface area contributed by atoms with Gasteiger partial charge >= 0.3 is 0 Å². The van der Waals surface area contributed by atoms with E-state index in [1.807, 2.05) is 45.0 Å². The average molecular weight is 447 g/mol. The largest absolute Gasteiger partial charge is 0.491 e. The van der Waals surface area contributed by atoms with Crippen LogP contribution in [0.25, 0.3) is 0 Å². The number of guanidine groups is 1. The smallest absolute Gasteiger partial charge is 0.252 e. The molecule has 2 aromatic carbocycles. The van der Waals surface area contributed by atoms with E-state index in [9.17, 15) is 9.90 Å². The van der Waals surface area contributed by atoms with Crippen molar-refractivity contribution in [1.82, 2.24) is 16.0 Å². The highest BCUT2D eigenvalue weighted by atomic mass is 35.5. The molecule has 0 saturated carbocycles. The van der Waals surface area contributed by atoms with Gasteiger partial charge in [-0.25, -0.2) is 0 Å². The molecule has 0 aromatic heterocycles. The van der Waals surface area contributed by atoms with Crippen LogP contribution in [0.15, 0.2) is 53.5 Å². The summed E-state index contributed by atoms with van der Waals surface area (Å²) >= 11 is 6.04. The summed E-state index contributed by atoms with van der Waals surface area (Å²) in [5.74, 6) is 1.10. The van der Waals surface area contributed by atoms with Gasteiger partial charge in [-0.3, -0.25) is 9.79 Å². The second kappa shape index (κ2) is 12.8. The van der Waals surface area contributed by atoms with Gasteiger partial charge in [-0.1, -0.05) is 35.9 Å². The Morgan fingerprint density at radius 1 is 1.06 bits per heavy atom. The second-order valence-electron chi connectivity index (χ2n) is 7.13. The van der Waals surface area contributed by atoms with Crippen LogP contribution >= 0.6 is 11.6 Å². The van der Waals surface area contributed by atoms with Gasteiger partial charge in [0.2, 0.25) is 0 Å². The van der Waals surface area contributed by atoms with E-state index in [-0.39, 0.29) is 18.6 Å². The molecule has 2 aromatic rings. The SMILES string of the molecule is CCNC(=NCC(O)c1ccc(OC(C)C)cc1)NCCNC(=O)c1ccccc1Cl. The van der Waals surface area contributed by atoms with Crippen molar-refractivity contribution < 1.29 is 14.6 Å². The molecule has 0 saturated heterocycles. The molecule has 0 aliphatic heterocycles. The first-order valence-corrected chi connectivity index (χ1v) is 10.8. The maximum Gasteiger partial charge on any atom is 0.252 e. The molecule has 168 valence electrons. The highest BCUT2D eigenvalue weighted by Gasteiger charge is 2.10. The third-order valence-electron chi connectivity index (χ3n) is 4.22. The molecule has 1 unspecified atom stereocenters. The van der Waals surface area contributed by atoms with Crippen molar-refractivity contribution in [1.29, 1.82) is 0 Å². The maximum absolute atomic E-state index is 12.2. The average Bonchev–Trinajstić information content (AvgIpc) is 2.75. The van der Waals surface area contributed by atoms with Crippen molar-refractivity contribution >= 4 is 23.5 Å². The number of aliphatic imine (C=N–C) groups is 1. The molecule has 0 bridgehead atoms. The Kier molecular flexibility index (Phi) is 10.1. The second-order valence-corrected chi connectivity index (χ2v) is 7.54. The zero-order valence-electron chi connectivity index (χ0n) is 18.2. The standard InChI is InChI=1S/C23H31ClN4O3/c1-4-25-23(27-14-13-26-22(30)19-7-5-6-8-20(19)24)28-15-21(29)17-9-11-18(12-10-17)31-16(2)3/h5-12,16,21,29H,4,13-15H2,1-3H3,(H,26,30)(H2,25,27,28). The fraction of sp³-hybridized carbons (Fsp3) is 0.391. The number of nitrogens with zero attached hydrogens (tertiary/aromatic N) is 1. The first-order valence-electron chi connectivity index (χ1n) is 10.4. The molecule has 31 heavy (non-hydrogen) atoms. The highest BCUT2D eigenvalue weighted by molar-refractivity contribution is 6.33. The number of rotatable bonds is 10. The van der Waals surface area contributed by atoms with Gasteiger partial charge in [0.15, 0.2) is 5.96 Å². The van der Waals surface area contributed by atoms with Crippen molar-refractivity contribution in [3.63, 3.8) is 0 Å². The van der Waals surface area contributed by atoms with Gasteiger partial charge in [-0.15, -0.1) is 0 Å². The number of aliphatic hydroxyl groups is 1. The minimum atomic E-state index is -0.733. The number of nitrogens with one attached hydrogen (secondary N) is 3. The number of carbonyl (C=O) groups is 1. The van der Waals surface area contributed by atoms with E-state index in [2.05, 4.69) is 20.9 Å². The van der Waals surface area contributed by atoms with Crippen LogP contribution < -0.4 is 20.7 Å². The molecule has 1 atom stereocenters. The minimum absolute atomic E-state index is 0.101. The molecule has 2 rings (SSSR count). The molecular weight excluding hydrogens is 416 g/mol. The maximum atomic E-state index is 12.2. The highest BCUT2D eigenvalue weighted by Crippen LogP contribution is 2.19. The van der Waals surface area contributed by atoms with Gasteiger partial charge in [0, 0.05) is 19.6 Å². The van der Waals surface area contributed by atoms with Crippen LogP contribution in [0.1, 0.15) is 42.8 Å². The summed E-state index contributed by atoms with van der Waals surface area (Å²) in [5, 5.41) is 19.9. The molecule has 7 nitrogen and oxygen atoms in total.